The quantitative estimate of drug-likeness (QED) is 0.896. The van der Waals surface area contributed by atoms with Crippen LogP contribution in [0.3, 0.4) is 0 Å². The minimum absolute atomic E-state index is 0.0944. The molecule has 5 nitrogen and oxygen atoms in total. The highest BCUT2D eigenvalue weighted by molar-refractivity contribution is 5.99. The normalized spacial score (nSPS) is 21.8. The van der Waals surface area contributed by atoms with E-state index in [2.05, 4.69) is 5.32 Å². The molecule has 1 aliphatic heterocycles. The Morgan fingerprint density at radius 1 is 1.25 bits per heavy atom. The zero-order chi connectivity index (χ0) is 14.8. The number of rotatable bonds is 4. The molecule has 1 heterocycles. The number of ether oxygens (including phenoxy) is 1. The maximum absolute atomic E-state index is 12.5. The van der Waals surface area contributed by atoms with Crippen molar-refractivity contribution >= 4 is 11.8 Å². The van der Waals surface area contributed by atoms with E-state index in [0.29, 0.717) is 13.2 Å². The maximum atomic E-state index is 12.5. The summed E-state index contributed by atoms with van der Waals surface area (Å²) in [4.78, 5) is 26.5. The highest BCUT2D eigenvalue weighted by Crippen LogP contribution is 2.28. The lowest BCUT2D eigenvalue weighted by Crippen LogP contribution is -2.65. The van der Waals surface area contributed by atoms with E-state index in [-0.39, 0.29) is 11.8 Å². The van der Waals surface area contributed by atoms with Gasteiger partial charge in [-0.05, 0) is 19.4 Å². The molecular formula is C15H20N2O3. The maximum Gasteiger partial charge on any atom is 0.248 e. The Bertz CT molecular complexity index is 499. The average molecular weight is 276 g/mol. The molecule has 1 aliphatic rings. The smallest absolute Gasteiger partial charge is 0.248 e. The molecule has 1 fully saturated rings. The summed E-state index contributed by atoms with van der Waals surface area (Å²) in [5.74, 6) is -0.250. The Morgan fingerprint density at radius 3 is 2.50 bits per heavy atom. The number of carbonyl (C=O) groups is 2. The largest absolute Gasteiger partial charge is 0.383 e. The van der Waals surface area contributed by atoms with Crippen LogP contribution >= 0.6 is 0 Å². The minimum atomic E-state index is -0.879. The highest BCUT2D eigenvalue weighted by atomic mass is 16.5. The summed E-state index contributed by atoms with van der Waals surface area (Å²) >= 11 is 0. The molecule has 0 bridgehead atoms. The van der Waals surface area contributed by atoms with E-state index in [1.165, 1.54) is 0 Å². The fourth-order valence-electron chi connectivity index (χ4n) is 2.43. The SMILES string of the molecule is COCCN1C(=O)C(C)(C)NC(=O)C1c1ccccc1. The van der Waals surface area contributed by atoms with Crippen molar-refractivity contribution in [3.63, 3.8) is 0 Å². The average Bonchev–Trinajstić information content (AvgIpc) is 2.41. The van der Waals surface area contributed by atoms with E-state index < -0.39 is 11.6 Å². The third-order valence-electron chi connectivity index (χ3n) is 3.44. The van der Waals surface area contributed by atoms with Gasteiger partial charge in [-0.15, -0.1) is 0 Å². The molecule has 20 heavy (non-hydrogen) atoms. The second-order valence-electron chi connectivity index (χ2n) is 5.42. The van der Waals surface area contributed by atoms with Gasteiger partial charge in [-0.1, -0.05) is 30.3 Å². The third kappa shape index (κ3) is 2.67. The fourth-order valence-corrected chi connectivity index (χ4v) is 2.43. The molecule has 0 saturated carbocycles. The summed E-state index contributed by atoms with van der Waals surface area (Å²) in [5, 5.41) is 2.79. The van der Waals surface area contributed by atoms with E-state index in [0.717, 1.165) is 5.56 Å². The van der Waals surface area contributed by atoms with Gasteiger partial charge in [-0.3, -0.25) is 9.59 Å². The zero-order valence-corrected chi connectivity index (χ0v) is 12.1. The topological polar surface area (TPSA) is 58.6 Å². The van der Waals surface area contributed by atoms with Gasteiger partial charge in [0.1, 0.15) is 11.6 Å². The Morgan fingerprint density at radius 2 is 1.90 bits per heavy atom. The van der Waals surface area contributed by atoms with Crippen molar-refractivity contribution < 1.29 is 14.3 Å². The van der Waals surface area contributed by atoms with Crippen LogP contribution in [0.4, 0.5) is 0 Å². The van der Waals surface area contributed by atoms with E-state index in [4.69, 9.17) is 4.74 Å². The molecule has 2 amide bonds. The van der Waals surface area contributed by atoms with Crippen LogP contribution in [-0.2, 0) is 14.3 Å². The second-order valence-corrected chi connectivity index (χ2v) is 5.42. The molecule has 1 aromatic carbocycles. The first kappa shape index (κ1) is 14.5. The molecule has 108 valence electrons. The van der Waals surface area contributed by atoms with Crippen molar-refractivity contribution in [3.05, 3.63) is 35.9 Å². The van der Waals surface area contributed by atoms with Crippen LogP contribution in [0, 0.1) is 0 Å². The van der Waals surface area contributed by atoms with Crippen LogP contribution in [0.15, 0.2) is 30.3 Å². The van der Waals surface area contributed by atoms with Crippen LogP contribution in [0.2, 0.25) is 0 Å². The third-order valence-corrected chi connectivity index (χ3v) is 3.44. The van der Waals surface area contributed by atoms with Gasteiger partial charge in [0.2, 0.25) is 11.8 Å². The number of hydrogen-bond donors (Lipinski definition) is 1. The number of hydrogen-bond acceptors (Lipinski definition) is 3. The van der Waals surface area contributed by atoms with Gasteiger partial charge in [0.25, 0.3) is 0 Å². The Labute approximate surface area is 118 Å². The number of benzene rings is 1. The first-order chi connectivity index (χ1) is 9.47. The highest BCUT2D eigenvalue weighted by Gasteiger charge is 2.45. The minimum Gasteiger partial charge on any atom is -0.383 e. The van der Waals surface area contributed by atoms with Gasteiger partial charge in [0.05, 0.1) is 6.61 Å². The van der Waals surface area contributed by atoms with E-state index in [9.17, 15) is 9.59 Å². The van der Waals surface area contributed by atoms with Crippen molar-refractivity contribution in [2.45, 2.75) is 25.4 Å². The lowest BCUT2D eigenvalue weighted by atomic mass is 9.93. The number of nitrogens with zero attached hydrogens (tertiary/aromatic N) is 1. The monoisotopic (exact) mass is 276 g/mol. The number of methoxy groups -OCH3 is 1. The van der Waals surface area contributed by atoms with Gasteiger partial charge in [-0.2, -0.15) is 0 Å². The summed E-state index contributed by atoms with van der Waals surface area (Å²) in [6.07, 6.45) is 0. The standard InChI is InChI=1S/C15H20N2O3/c1-15(2)14(19)17(9-10-20-3)12(13(18)16-15)11-7-5-4-6-8-11/h4-8,12H,9-10H2,1-3H3,(H,16,18). The van der Waals surface area contributed by atoms with Crippen molar-refractivity contribution in [2.24, 2.45) is 0 Å². The first-order valence-corrected chi connectivity index (χ1v) is 6.64. The summed E-state index contributed by atoms with van der Waals surface area (Å²) in [7, 11) is 1.58. The van der Waals surface area contributed by atoms with Gasteiger partial charge < -0.3 is 15.0 Å². The summed E-state index contributed by atoms with van der Waals surface area (Å²) in [6, 6.07) is 8.73. The van der Waals surface area contributed by atoms with Crippen LogP contribution < -0.4 is 5.32 Å². The fraction of sp³-hybridized carbons (Fsp3) is 0.467. The van der Waals surface area contributed by atoms with E-state index in [1.54, 1.807) is 25.9 Å². The van der Waals surface area contributed by atoms with Crippen LogP contribution in [0.25, 0.3) is 0 Å². The Balaban J connectivity index is 2.36. The molecular weight excluding hydrogens is 256 g/mol. The Hall–Kier alpha value is -1.88. The number of nitrogens with one attached hydrogen (secondary N) is 1. The van der Waals surface area contributed by atoms with Crippen molar-refractivity contribution in [1.82, 2.24) is 10.2 Å². The number of amides is 2. The molecule has 2 rings (SSSR count). The molecule has 0 aliphatic carbocycles. The lowest BCUT2D eigenvalue weighted by Gasteiger charge is -2.42. The molecule has 1 atom stereocenters. The van der Waals surface area contributed by atoms with Crippen molar-refractivity contribution in [2.75, 3.05) is 20.3 Å². The summed E-state index contributed by atoms with van der Waals surface area (Å²) < 4.78 is 5.05. The van der Waals surface area contributed by atoms with Crippen molar-refractivity contribution in [1.29, 1.82) is 0 Å². The van der Waals surface area contributed by atoms with Gasteiger partial charge in [0, 0.05) is 13.7 Å². The molecule has 5 heteroatoms. The van der Waals surface area contributed by atoms with E-state index >= 15 is 0 Å². The van der Waals surface area contributed by atoms with Gasteiger partial charge in [-0.25, -0.2) is 0 Å². The second kappa shape index (κ2) is 5.63. The van der Waals surface area contributed by atoms with Crippen LogP contribution in [0.1, 0.15) is 25.5 Å². The van der Waals surface area contributed by atoms with Gasteiger partial charge >= 0.3 is 0 Å². The lowest BCUT2D eigenvalue weighted by molar-refractivity contribution is -0.154. The number of piperazine rings is 1. The summed E-state index contributed by atoms with van der Waals surface area (Å²) in [5.41, 5.74) is -0.0687. The molecule has 0 spiro atoms. The van der Waals surface area contributed by atoms with Crippen molar-refractivity contribution in [3.8, 4) is 0 Å². The predicted molar refractivity (Wildman–Crippen MR) is 75.0 cm³/mol. The van der Waals surface area contributed by atoms with Crippen LogP contribution in [-0.4, -0.2) is 42.5 Å². The molecule has 1 saturated heterocycles. The van der Waals surface area contributed by atoms with Gasteiger partial charge in [0.15, 0.2) is 0 Å². The summed E-state index contributed by atoms with van der Waals surface area (Å²) in [6.45, 7) is 4.23. The van der Waals surface area contributed by atoms with E-state index in [1.807, 2.05) is 30.3 Å². The predicted octanol–water partition coefficient (Wildman–Crippen LogP) is 1.11. The number of carbonyl (C=O) groups excluding carboxylic acids is 2. The molecule has 1 unspecified atom stereocenters. The van der Waals surface area contributed by atoms with Crippen LogP contribution in [0.5, 0.6) is 0 Å². The molecule has 1 N–H and O–H groups in total. The molecule has 0 radical (unpaired) electrons. The first-order valence-electron chi connectivity index (χ1n) is 6.64. The molecule has 1 aromatic rings. The zero-order valence-electron chi connectivity index (χ0n) is 12.1. The Kier molecular flexibility index (Phi) is 4.09. The molecule has 0 aromatic heterocycles.